The highest BCUT2D eigenvalue weighted by Gasteiger charge is 2.44. The number of rotatable bonds is 5. The fourth-order valence-electron chi connectivity index (χ4n) is 1.08. The van der Waals surface area contributed by atoms with Gasteiger partial charge >= 0.3 is 18.1 Å². The molecule has 0 aliphatic heterocycles. The minimum absolute atomic E-state index is 0.0900. The zero-order chi connectivity index (χ0) is 16.8. The van der Waals surface area contributed by atoms with Crippen LogP contribution in [0.15, 0.2) is 21.3 Å². The van der Waals surface area contributed by atoms with Crippen molar-refractivity contribution in [2.45, 2.75) is 13.1 Å². The molecule has 6 nitrogen and oxygen atoms in total. The molecule has 21 heavy (non-hydrogen) atoms. The molecule has 0 amide bonds. The highest BCUT2D eigenvalue weighted by molar-refractivity contribution is 8.07. The number of ether oxygens (including phenoxy) is 3. The van der Waals surface area contributed by atoms with Gasteiger partial charge in [0.05, 0.1) is 21.3 Å². The first kappa shape index (κ1) is 19.2. The minimum Gasteiger partial charge on any atom is -0.489 e. The lowest BCUT2D eigenvalue weighted by Crippen LogP contribution is -2.23. The Morgan fingerprint density at radius 2 is 1.48 bits per heavy atom. The van der Waals surface area contributed by atoms with Gasteiger partial charge in [0.25, 0.3) is 0 Å². The number of nitrogens with two attached hydrogens (primary N) is 1. The van der Waals surface area contributed by atoms with Gasteiger partial charge in [-0.25, -0.2) is 9.59 Å². The number of thioether (sulfide) groups is 1. The van der Waals surface area contributed by atoms with Crippen molar-refractivity contribution in [3.8, 4) is 0 Å². The molecule has 0 rings (SSSR count). The molecule has 0 unspecified atom stereocenters. The van der Waals surface area contributed by atoms with E-state index in [-0.39, 0.29) is 22.4 Å². The molecule has 0 aliphatic rings. The van der Waals surface area contributed by atoms with Gasteiger partial charge in [-0.05, 0) is 18.7 Å². The van der Waals surface area contributed by atoms with E-state index in [4.69, 9.17) is 5.73 Å². The van der Waals surface area contributed by atoms with Crippen LogP contribution in [0.1, 0.15) is 6.92 Å². The Balaban J connectivity index is 5.95. The number of carbonyl (C=O) groups is 2. The lowest BCUT2D eigenvalue weighted by atomic mass is 10.3. The van der Waals surface area contributed by atoms with Gasteiger partial charge in [-0.1, -0.05) is 0 Å². The van der Waals surface area contributed by atoms with Gasteiger partial charge in [-0.15, -0.1) is 0 Å². The quantitative estimate of drug-likeness (QED) is 0.466. The molecule has 0 aromatic carbocycles. The summed E-state index contributed by atoms with van der Waals surface area (Å²) in [6.45, 7) is 1.29. The van der Waals surface area contributed by atoms with Crippen molar-refractivity contribution in [1.29, 1.82) is 0 Å². The lowest BCUT2D eigenvalue weighted by Gasteiger charge is -2.15. The van der Waals surface area contributed by atoms with Crippen molar-refractivity contribution >= 4 is 23.7 Å². The second-order valence-electron chi connectivity index (χ2n) is 3.46. The summed E-state index contributed by atoms with van der Waals surface area (Å²) in [6, 6.07) is 0. The number of allylic oxidation sites excluding steroid dienone is 1. The fourth-order valence-corrected chi connectivity index (χ4v) is 1.98. The molecule has 120 valence electrons. The number of carbonyl (C=O) groups excluding carboxylic acids is 2. The van der Waals surface area contributed by atoms with Crippen LogP contribution in [0.2, 0.25) is 0 Å². The number of alkyl halides is 3. The van der Waals surface area contributed by atoms with E-state index in [1.165, 1.54) is 6.92 Å². The second-order valence-corrected chi connectivity index (χ2v) is 4.44. The van der Waals surface area contributed by atoms with Gasteiger partial charge in [-0.2, -0.15) is 13.2 Å². The van der Waals surface area contributed by atoms with Crippen molar-refractivity contribution in [1.82, 2.24) is 0 Å². The summed E-state index contributed by atoms with van der Waals surface area (Å²) in [7, 11) is 2.74. The Kier molecular flexibility index (Phi) is 7.13. The number of hydrogen-bond acceptors (Lipinski definition) is 7. The first-order chi connectivity index (χ1) is 9.59. The molecule has 0 saturated carbocycles. The highest BCUT2D eigenvalue weighted by Crippen LogP contribution is 2.37. The molecule has 10 heteroatoms. The first-order valence-corrected chi connectivity index (χ1v) is 6.08. The van der Waals surface area contributed by atoms with Gasteiger partial charge in [0.15, 0.2) is 10.7 Å². The summed E-state index contributed by atoms with van der Waals surface area (Å²) in [6.07, 6.45) is -5.03. The van der Waals surface area contributed by atoms with Crippen molar-refractivity contribution in [3.63, 3.8) is 0 Å². The maximum Gasteiger partial charge on any atom is 0.427 e. The molecular formula is C11H14F3NO5S. The van der Waals surface area contributed by atoms with E-state index < -0.39 is 28.8 Å². The fraction of sp³-hybridized carbons (Fsp3) is 0.455. The summed E-state index contributed by atoms with van der Waals surface area (Å²) in [5, 5.41) is -0.875. The molecule has 0 atom stereocenters. The van der Waals surface area contributed by atoms with Crippen LogP contribution in [0.4, 0.5) is 13.2 Å². The third-order valence-corrected chi connectivity index (χ3v) is 3.24. The zero-order valence-electron chi connectivity index (χ0n) is 11.7. The largest absolute Gasteiger partial charge is 0.489 e. The molecule has 0 fully saturated rings. The van der Waals surface area contributed by atoms with Gasteiger partial charge in [0.2, 0.25) is 0 Å². The smallest absolute Gasteiger partial charge is 0.427 e. The maximum atomic E-state index is 12.9. The molecule has 0 aromatic heterocycles. The Morgan fingerprint density at radius 3 is 1.76 bits per heavy atom. The van der Waals surface area contributed by atoms with E-state index in [1.807, 2.05) is 0 Å². The SMILES string of the molecule is COC(=O)/C(=C(\OC)S/C(C(=O)OC)=C(\C)N)C(F)(F)F. The zero-order valence-corrected chi connectivity index (χ0v) is 12.5. The van der Waals surface area contributed by atoms with Crippen LogP contribution in [0.5, 0.6) is 0 Å². The standard InChI is InChI=1S/C11H14F3NO5S/c1-5(15)7(9(17)19-3)21-10(20-4)6(8(16)18-2)11(12,13)14/h15H2,1-4H3/b7-5+,10-6-. The minimum atomic E-state index is -5.03. The summed E-state index contributed by atoms with van der Waals surface area (Å²) in [5.74, 6) is -2.60. The van der Waals surface area contributed by atoms with Gasteiger partial charge in [0.1, 0.15) is 4.91 Å². The van der Waals surface area contributed by atoms with Crippen molar-refractivity contribution in [2.24, 2.45) is 5.73 Å². The van der Waals surface area contributed by atoms with E-state index in [1.54, 1.807) is 0 Å². The van der Waals surface area contributed by atoms with Gasteiger partial charge in [0, 0.05) is 5.70 Å². The van der Waals surface area contributed by atoms with Gasteiger partial charge < -0.3 is 19.9 Å². The number of halogens is 3. The Hall–Kier alpha value is -1.84. The molecule has 0 saturated heterocycles. The summed E-state index contributed by atoms with van der Waals surface area (Å²) < 4.78 is 51.8. The average molecular weight is 329 g/mol. The molecule has 0 radical (unpaired) electrons. The maximum absolute atomic E-state index is 12.9. The van der Waals surface area contributed by atoms with Crippen LogP contribution in [0.25, 0.3) is 0 Å². The molecule has 2 N–H and O–H groups in total. The molecular weight excluding hydrogens is 315 g/mol. The summed E-state index contributed by atoms with van der Waals surface area (Å²) >= 11 is 0.226. The molecule has 0 aliphatic carbocycles. The van der Waals surface area contributed by atoms with E-state index in [0.717, 1.165) is 21.3 Å². The normalized spacial score (nSPS) is 13.9. The first-order valence-electron chi connectivity index (χ1n) is 5.26. The second kappa shape index (κ2) is 7.81. The third kappa shape index (κ3) is 5.21. The van der Waals surface area contributed by atoms with E-state index in [2.05, 4.69) is 14.2 Å². The van der Waals surface area contributed by atoms with Crippen molar-refractivity contribution < 1.29 is 37.0 Å². The summed E-state index contributed by atoms with van der Waals surface area (Å²) in [4.78, 5) is 22.4. The number of methoxy groups -OCH3 is 3. The Morgan fingerprint density at radius 1 is 1.00 bits per heavy atom. The van der Waals surface area contributed by atoms with Crippen molar-refractivity contribution in [3.05, 3.63) is 21.3 Å². The molecule has 0 aromatic rings. The van der Waals surface area contributed by atoms with E-state index in [0.29, 0.717) is 0 Å². The van der Waals surface area contributed by atoms with E-state index in [9.17, 15) is 22.8 Å². The molecule has 0 bridgehead atoms. The van der Waals surface area contributed by atoms with Crippen LogP contribution in [-0.2, 0) is 23.8 Å². The van der Waals surface area contributed by atoms with Crippen LogP contribution in [-0.4, -0.2) is 39.4 Å². The van der Waals surface area contributed by atoms with Crippen LogP contribution < -0.4 is 5.73 Å². The predicted molar refractivity (Wildman–Crippen MR) is 68.6 cm³/mol. The monoisotopic (exact) mass is 329 g/mol. The van der Waals surface area contributed by atoms with E-state index >= 15 is 0 Å². The molecule has 0 spiro atoms. The van der Waals surface area contributed by atoms with Crippen molar-refractivity contribution in [2.75, 3.05) is 21.3 Å². The van der Waals surface area contributed by atoms with Crippen LogP contribution in [0.3, 0.4) is 0 Å². The average Bonchev–Trinajstić information content (AvgIpc) is 2.39. The predicted octanol–water partition coefficient (Wildman–Crippen LogP) is 1.68. The number of esters is 2. The third-order valence-electron chi connectivity index (χ3n) is 1.99. The van der Waals surface area contributed by atoms with Crippen LogP contribution in [0, 0.1) is 0 Å². The van der Waals surface area contributed by atoms with Gasteiger partial charge in [-0.3, -0.25) is 0 Å². The summed E-state index contributed by atoms with van der Waals surface area (Å²) in [5.41, 5.74) is 3.65. The van der Waals surface area contributed by atoms with Crippen LogP contribution >= 0.6 is 11.8 Å². The molecule has 0 heterocycles. The topological polar surface area (TPSA) is 87.8 Å². The Bertz CT molecular complexity index is 481. The number of hydrogen-bond donors (Lipinski definition) is 1. The Labute approximate surface area is 123 Å². The lowest BCUT2D eigenvalue weighted by molar-refractivity contribution is -0.149. The highest BCUT2D eigenvalue weighted by atomic mass is 32.2.